The largest absolute Gasteiger partial charge is 0.477 e. The molecule has 1 heterocycles. The molecule has 0 atom stereocenters. The monoisotopic (exact) mass is 299 g/mol. The highest BCUT2D eigenvalue weighted by atomic mass is 32.1. The molecular formula is C16H10FNO2S. The van der Waals surface area contributed by atoms with E-state index in [-0.39, 0.29) is 4.88 Å². The van der Waals surface area contributed by atoms with Crippen molar-refractivity contribution in [1.82, 2.24) is 4.98 Å². The Morgan fingerprint density at radius 1 is 1.05 bits per heavy atom. The topological polar surface area (TPSA) is 50.2 Å². The Labute approximate surface area is 124 Å². The van der Waals surface area contributed by atoms with Crippen molar-refractivity contribution in [3.63, 3.8) is 0 Å². The molecule has 0 aliphatic rings. The first-order chi connectivity index (χ1) is 10.1. The fraction of sp³-hybridized carbons (Fsp3) is 0. The average molecular weight is 299 g/mol. The molecule has 0 spiro atoms. The lowest BCUT2D eigenvalue weighted by Gasteiger charge is -1.99. The number of hydrogen-bond acceptors (Lipinski definition) is 3. The molecule has 3 rings (SSSR count). The molecule has 104 valence electrons. The van der Waals surface area contributed by atoms with Crippen LogP contribution in [-0.4, -0.2) is 16.1 Å². The van der Waals surface area contributed by atoms with Crippen molar-refractivity contribution in [3.8, 4) is 21.8 Å². The summed E-state index contributed by atoms with van der Waals surface area (Å²) in [6, 6.07) is 15.1. The molecule has 0 aliphatic heterocycles. The Morgan fingerprint density at radius 2 is 1.76 bits per heavy atom. The van der Waals surface area contributed by atoms with Crippen molar-refractivity contribution >= 4 is 17.3 Å². The Hall–Kier alpha value is -2.53. The van der Waals surface area contributed by atoms with Crippen LogP contribution < -0.4 is 0 Å². The molecule has 0 saturated heterocycles. The summed E-state index contributed by atoms with van der Waals surface area (Å²) in [6.07, 6.45) is 0. The molecule has 1 aromatic heterocycles. The summed E-state index contributed by atoms with van der Waals surface area (Å²) in [5.41, 5.74) is 1.60. The van der Waals surface area contributed by atoms with Gasteiger partial charge in [0.05, 0.1) is 5.69 Å². The van der Waals surface area contributed by atoms with Gasteiger partial charge in [-0.25, -0.2) is 14.2 Å². The third-order valence-electron chi connectivity index (χ3n) is 2.94. The van der Waals surface area contributed by atoms with E-state index in [0.717, 1.165) is 16.9 Å². The second-order valence-electron chi connectivity index (χ2n) is 4.38. The summed E-state index contributed by atoms with van der Waals surface area (Å²) in [6.45, 7) is 0. The fourth-order valence-electron chi connectivity index (χ4n) is 2.00. The quantitative estimate of drug-likeness (QED) is 0.783. The molecule has 0 radical (unpaired) electrons. The van der Waals surface area contributed by atoms with E-state index in [1.807, 2.05) is 30.3 Å². The molecule has 1 N–H and O–H groups in total. The standard InChI is InChI=1S/C16H10FNO2S/c17-12-8-4-7-11(9-12)13-14(16(19)20)21-15(18-13)10-5-2-1-3-6-10/h1-9H,(H,19,20). The second kappa shape index (κ2) is 5.46. The van der Waals surface area contributed by atoms with Crippen LogP contribution in [0.5, 0.6) is 0 Å². The number of thiazole rings is 1. The molecule has 21 heavy (non-hydrogen) atoms. The minimum absolute atomic E-state index is 0.111. The van der Waals surface area contributed by atoms with Gasteiger partial charge in [-0.3, -0.25) is 0 Å². The van der Waals surface area contributed by atoms with Crippen molar-refractivity contribution in [1.29, 1.82) is 0 Å². The van der Waals surface area contributed by atoms with Crippen molar-refractivity contribution in [2.24, 2.45) is 0 Å². The van der Waals surface area contributed by atoms with Crippen molar-refractivity contribution < 1.29 is 14.3 Å². The van der Waals surface area contributed by atoms with E-state index in [0.29, 0.717) is 16.3 Å². The van der Waals surface area contributed by atoms with E-state index in [4.69, 9.17) is 0 Å². The van der Waals surface area contributed by atoms with Gasteiger partial charge in [-0.05, 0) is 12.1 Å². The van der Waals surface area contributed by atoms with Crippen LogP contribution in [0.15, 0.2) is 54.6 Å². The second-order valence-corrected chi connectivity index (χ2v) is 5.38. The molecule has 0 bridgehead atoms. The van der Waals surface area contributed by atoms with Gasteiger partial charge in [0.25, 0.3) is 0 Å². The highest BCUT2D eigenvalue weighted by Gasteiger charge is 2.19. The third kappa shape index (κ3) is 2.68. The maximum atomic E-state index is 13.3. The molecule has 3 nitrogen and oxygen atoms in total. The first-order valence-corrected chi connectivity index (χ1v) is 7.02. The highest BCUT2D eigenvalue weighted by Crippen LogP contribution is 2.33. The molecule has 3 aromatic rings. The van der Waals surface area contributed by atoms with Crippen molar-refractivity contribution in [3.05, 3.63) is 65.3 Å². The van der Waals surface area contributed by atoms with E-state index in [1.165, 1.54) is 18.2 Å². The summed E-state index contributed by atoms with van der Waals surface area (Å²) in [5, 5.41) is 9.94. The number of carboxylic acid groups (broad SMARTS) is 1. The molecule has 0 saturated carbocycles. The number of rotatable bonds is 3. The number of carboxylic acids is 1. The summed E-state index contributed by atoms with van der Waals surface area (Å²) < 4.78 is 13.3. The smallest absolute Gasteiger partial charge is 0.348 e. The third-order valence-corrected chi connectivity index (χ3v) is 4.03. The first kappa shape index (κ1) is 13.5. The first-order valence-electron chi connectivity index (χ1n) is 6.20. The SMILES string of the molecule is O=C(O)c1sc(-c2ccccc2)nc1-c1cccc(F)c1. The number of aromatic nitrogens is 1. The van der Waals surface area contributed by atoms with E-state index >= 15 is 0 Å². The van der Waals surface area contributed by atoms with Crippen LogP contribution in [0, 0.1) is 5.82 Å². The van der Waals surface area contributed by atoms with E-state index in [1.54, 1.807) is 6.07 Å². The summed E-state index contributed by atoms with van der Waals surface area (Å²) in [5.74, 6) is -1.48. The molecule has 5 heteroatoms. The molecule has 2 aromatic carbocycles. The zero-order chi connectivity index (χ0) is 14.8. The number of benzene rings is 2. The van der Waals surface area contributed by atoms with Crippen LogP contribution >= 0.6 is 11.3 Å². The van der Waals surface area contributed by atoms with Gasteiger partial charge in [-0.15, -0.1) is 11.3 Å². The minimum atomic E-state index is -1.06. The Bertz CT molecular complexity index is 799. The number of nitrogens with zero attached hydrogens (tertiary/aromatic N) is 1. The number of aromatic carboxylic acids is 1. The Kier molecular flexibility index (Phi) is 3.50. The fourth-order valence-corrected chi connectivity index (χ4v) is 2.93. The minimum Gasteiger partial charge on any atom is -0.477 e. The molecular weight excluding hydrogens is 289 g/mol. The lowest BCUT2D eigenvalue weighted by atomic mass is 10.1. The van der Waals surface area contributed by atoms with Crippen LogP contribution in [-0.2, 0) is 0 Å². The zero-order valence-electron chi connectivity index (χ0n) is 10.8. The number of halogens is 1. The number of carbonyl (C=O) groups is 1. The van der Waals surface area contributed by atoms with Crippen LogP contribution in [0.3, 0.4) is 0 Å². The van der Waals surface area contributed by atoms with Crippen LogP contribution in [0.4, 0.5) is 4.39 Å². The van der Waals surface area contributed by atoms with Gasteiger partial charge in [0.2, 0.25) is 0 Å². The molecule has 0 aliphatic carbocycles. The maximum absolute atomic E-state index is 13.3. The van der Waals surface area contributed by atoms with Gasteiger partial charge in [0, 0.05) is 11.1 Å². The summed E-state index contributed by atoms with van der Waals surface area (Å²) >= 11 is 1.09. The molecule has 0 amide bonds. The summed E-state index contributed by atoms with van der Waals surface area (Å²) in [4.78, 5) is 15.9. The van der Waals surface area contributed by atoms with Crippen LogP contribution in [0.1, 0.15) is 9.67 Å². The van der Waals surface area contributed by atoms with Crippen molar-refractivity contribution in [2.75, 3.05) is 0 Å². The predicted molar refractivity (Wildman–Crippen MR) is 79.9 cm³/mol. The predicted octanol–water partition coefficient (Wildman–Crippen LogP) is 4.31. The van der Waals surface area contributed by atoms with Gasteiger partial charge < -0.3 is 5.11 Å². The van der Waals surface area contributed by atoms with E-state index < -0.39 is 11.8 Å². The number of hydrogen-bond donors (Lipinski definition) is 1. The van der Waals surface area contributed by atoms with Gasteiger partial charge in [0.1, 0.15) is 15.7 Å². The van der Waals surface area contributed by atoms with Crippen molar-refractivity contribution in [2.45, 2.75) is 0 Å². The van der Waals surface area contributed by atoms with Crippen LogP contribution in [0.25, 0.3) is 21.8 Å². The normalized spacial score (nSPS) is 10.5. The van der Waals surface area contributed by atoms with Gasteiger partial charge >= 0.3 is 5.97 Å². The van der Waals surface area contributed by atoms with Crippen LogP contribution in [0.2, 0.25) is 0 Å². The lowest BCUT2D eigenvalue weighted by Crippen LogP contribution is -1.95. The van der Waals surface area contributed by atoms with E-state index in [9.17, 15) is 14.3 Å². The lowest BCUT2D eigenvalue weighted by molar-refractivity contribution is 0.0702. The Morgan fingerprint density at radius 3 is 2.43 bits per heavy atom. The van der Waals surface area contributed by atoms with E-state index in [2.05, 4.69) is 4.98 Å². The van der Waals surface area contributed by atoms with Gasteiger partial charge in [-0.2, -0.15) is 0 Å². The van der Waals surface area contributed by atoms with Gasteiger partial charge in [-0.1, -0.05) is 42.5 Å². The Balaban J connectivity index is 2.16. The molecule has 0 unspecified atom stereocenters. The zero-order valence-corrected chi connectivity index (χ0v) is 11.6. The summed E-state index contributed by atoms with van der Waals surface area (Å²) in [7, 11) is 0. The maximum Gasteiger partial charge on any atom is 0.348 e. The molecule has 0 fully saturated rings. The van der Waals surface area contributed by atoms with Gasteiger partial charge in [0.15, 0.2) is 0 Å². The highest BCUT2D eigenvalue weighted by molar-refractivity contribution is 7.17. The average Bonchev–Trinajstić information content (AvgIpc) is 2.93.